The summed E-state index contributed by atoms with van der Waals surface area (Å²) in [6.45, 7) is 9.13. The molecule has 7 nitrogen and oxygen atoms in total. The molecule has 0 fully saturated rings. The minimum Gasteiger partial charge on any atom is -0.478 e. The fourth-order valence-electron chi connectivity index (χ4n) is 3.44. The molecule has 0 aliphatic heterocycles. The predicted molar refractivity (Wildman–Crippen MR) is 127 cm³/mol. The maximum atomic E-state index is 13.2. The minimum absolute atomic E-state index is 0.0719. The Morgan fingerprint density at radius 2 is 1.90 bits per heavy atom. The lowest BCUT2D eigenvalue weighted by Crippen LogP contribution is -2.29. The zero-order chi connectivity index (χ0) is 23.0. The van der Waals surface area contributed by atoms with E-state index in [1.54, 1.807) is 42.6 Å². The first kappa shape index (κ1) is 23.9. The van der Waals surface area contributed by atoms with Gasteiger partial charge in [0.05, 0.1) is 29.2 Å². The zero-order valence-electron chi connectivity index (χ0n) is 18.9. The molecule has 0 aliphatic rings. The molecule has 0 aromatic heterocycles. The zero-order valence-corrected chi connectivity index (χ0v) is 18.9. The number of carboxylic acids is 1. The molecule has 2 aromatic carbocycles. The Labute approximate surface area is 184 Å². The van der Waals surface area contributed by atoms with Gasteiger partial charge >= 0.3 is 5.97 Å². The standard InChI is InChI=1S/C24H32N4O3/c1-6-12-28(5)23(29)20-14-16(3)13-19(22(20)26-15-25-7-2)17(4)27-21-11-9-8-10-18(21)24(30)31/h8-11,13-15,17,27H,6-7,12H2,1-5H3,(H,25,26)(H,30,31). The molecule has 3 N–H and O–H groups in total. The van der Waals surface area contributed by atoms with Crippen LogP contribution in [0.4, 0.5) is 11.4 Å². The number of nitrogens with one attached hydrogen (secondary N) is 2. The number of rotatable bonds is 10. The molecule has 7 heteroatoms. The van der Waals surface area contributed by atoms with Crippen molar-refractivity contribution in [1.82, 2.24) is 4.90 Å². The highest BCUT2D eigenvalue weighted by atomic mass is 16.4. The van der Waals surface area contributed by atoms with Crippen LogP contribution < -0.4 is 10.6 Å². The van der Waals surface area contributed by atoms with E-state index in [-0.39, 0.29) is 17.5 Å². The van der Waals surface area contributed by atoms with Crippen molar-refractivity contribution in [3.8, 4) is 0 Å². The van der Waals surface area contributed by atoms with E-state index < -0.39 is 5.97 Å². The summed E-state index contributed by atoms with van der Waals surface area (Å²) in [5.74, 6) is -1.07. The van der Waals surface area contributed by atoms with Crippen molar-refractivity contribution in [2.75, 3.05) is 30.8 Å². The van der Waals surface area contributed by atoms with Gasteiger partial charge in [0.2, 0.25) is 0 Å². The van der Waals surface area contributed by atoms with Crippen LogP contribution in [0.2, 0.25) is 0 Å². The van der Waals surface area contributed by atoms with Gasteiger partial charge in [0.1, 0.15) is 0 Å². The summed E-state index contributed by atoms with van der Waals surface area (Å²) in [7, 11) is 1.79. The van der Waals surface area contributed by atoms with Gasteiger partial charge < -0.3 is 20.6 Å². The second kappa shape index (κ2) is 11.2. The SMILES string of the molecule is CCCN(C)C(=O)c1cc(C)cc(C(C)Nc2ccccc2C(=O)O)c1NC=NCC. The van der Waals surface area contributed by atoms with Gasteiger partial charge in [0.25, 0.3) is 5.91 Å². The van der Waals surface area contributed by atoms with E-state index >= 15 is 0 Å². The topological polar surface area (TPSA) is 94.0 Å². The van der Waals surface area contributed by atoms with Gasteiger partial charge in [-0.2, -0.15) is 0 Å². The van der Waals surface area contributed by atoms with Crippen LogP contribution in [0.15, 0.2) is 41.4 Å². The average molecular weight is 425 g/mol. The Hall–Kier alpha value is -3.35. The van der Waals surface area contributed by atoms with E-state index in [1.807, 2.05) is 39.8 Å². The fourth-order valence-corrected chi connectivity index (χ4v) is 3.44. The molecule has 0 radical (unpaired) electrons. The van der Waals surface area contributed by atoms with E-state index in [4.69, 9.17) is 0 Å². The molecule has 0 heterocycles. The quantitative estimate of drug-likeness (QED) is 0.376. The van der Waals surface area contributed by atoms with Crippen LogP contribution in [0.25, 0.3) is 0 Å². The Morgan fingerprint density at radius 1 is 1.19 bits per heavy atom. The molecule has 31 heavy (non-hydrogen) atoms. The summed E-state index contributed by atoms with van der Waals surface area (Å²) in [5.41, 5.74) is 3.76. The number of aliphatic imine (C=N–C) groups is 1. The Bertz CT molecular complexity index is 956. The third-order valence-corrected chi connectivity index (χ3v) is 4.93. The van der Waals surface area contributed by atoms with E-state index in [2.05, 4.69) is 15.6 Å². The molecule has 166 valence electrons. The summed E-state index contributed by atoms with van der Waals surface area (Å²) in [6, 6.07) is 10.4. The number of amides is 1. The third-order valence-electron chi connectivity index (χ3n) is 4.93. The number of carbonyl (C=O) groups excluding carboxylic acids is 1. The number of carboxylic acid groups (broad SMARTS) is 1. The van der Waals surface area contributed by atoms with Gasteiger partial charge in [-0.15, -0.1) is 0 Å². The number of aryl methyl sites for hydroxylation is 1. The van der Waals surface area contributed by atoms with E-state index in [0.717, 1.165) is 17.5 Å². The molecule has 1 amide bonds. The van der Waals surface area contributed by atoms with Crippen LogP contribution >= 0.6 is 0 Å². The smallest absolute Gasteiger partial charge is 0.337 e. The molecule has 2 aromatic rings. The van der Waals surface area contributed by atoms with E-state index in [1.165, 1.54) is 0 Å². The number of benzene rings is 2. The van der Waals surface area contributed by atoms with Gasteiger partial charge in [-0.05, 0) is 56.5 Å². The van der Waals surface area contributed by atoms with Crippen molar-refractivity contribution >= 4 is 29.6 Å². The van der Waals surface area contributed by atoms with Crippen molar-refractivity contribution in [3.63, 3.8) is 0 Å². The van der Waals surface area contributed by atoms with Crippen LogP contribution in [-0.4, -0.2) is 48.4 Å². The number of anilines is 2. The molecule has 2 rings (SSSR count). The van der Waals surface area contributed by atoms with Crippen molar-refractivity contribution in [2.45, 2.75) is 40.2 Å². The van der Waals surface area contributed by atoms with Gasteiger partial charge in [0.15, 0.2) is 0 Å². The second-order valence-electron chi connectivity index (χ2n) is 7.49. The van der Waals surface area contributed by atoms with Crippen molar-refractivity contribution in [2.24, 2.45) is 4.99 Å². The van der Waals surface area contributed by atoms with Crippen LogP contribution in [-0.2, 0) is 0 Å². The fraction of sp³-hybridized carbons (Fsp3) is 0.375. The highest BCUT2D eigenvalue weighted by molar-refractivity contribution is 6.03. The lowest BCUT2D eigenvalue weighted by atomic mass is 9.97. The first-order valence-corrected chi connectivity index (χ1v) is 10.5. The van der Waals surface area contributed by atoms with Crippen LogP contribution in [0, 0.1) is 6.92 Å². The molecule has 0 saturated carbocycles. The maximum absolute atomic E-state index is 13.2. The number of carbonyl (C=O) groups is 2. The van der Waals surface area contributed by atoms with E-state index in [9.17, 15) is 14.7 Å². The van der Waals surface area contributed by atoms with Crippen molar-refractivity contribution in [3.05, 3.63) is 58.7 Å². The maximum Gasteiger partial charge on any atom is 0.337 e. The molecular formula is C24H32N4O3. The van der Waals surface area contributed by atoms with Crippen LogP contribution in [0.1, 0.15) is 65.1 Å². The monoisotopic (exact) mass is 424 g/mol. The highest BCUT2D eigenvalue weighted by Gasteiger charge is 2.22. The van der Waals surface area contributed by atoms with Crippen molar-refractivity contribution in [1.29, 1.82) is 0 Å². The number of hydrogen-bond donors (Lipinski definition) is 3. The first-order valence-electron chi connectivity index (χ1n) is 10.5. The number of hydrogen-bond acceptors (Lipinski definition) is 4. The molecule has 1 unspecified atom stereocenters. The molecule has 0 spiro atoms. The van der Waals surface area contributed by atoms with Crippen molar-refractivity contribution < 1.29 is 14.7 Å². The molecule has 0 saturated heterocycles. The molecule has 0 aliphatic carbocycles. The Balaban J connectivity index is 2.53. The normalized spacial score (nSPS) is 11.9. The van der Waals surface area contributed by atoms with Gasteiger partial charge in [-0.3, -0.25) is 9.79 Å². The predicted octanol–water partition coefficient (Wildman–Crippen LogP) is 4.81. The summed E-state index contributed by atoms with van der Waals surface area (Å²) in [5, 5.41) is 16.0. The largest absolute Gasteiger partial charge is 0.478 e. The van der Waals surface area contributed by atoms with Gasteiger partial charge in [0, 0.05) is 25.8 Å². The summed E-state index contributed by atoms with van der Waals surface area (Å²) >= 11 is 0. The van der Waals surface area contributed by atoms with Gasteiger partial charge in [-0.1, -0.05) is 25.1 Å². The van der Waals surface area contributed by atoms with Crippen LogP contribution in [0.3, 0.4) is 0 Å². The summed E-state index contributed by atoms with van der Waals surface area (Å²) in [6.07, 6.45) is 2.47. The lowest BCUT2D eigenvalue weighted by Gasteiger charge is -2.24. The number of para-hydroxylation sites is 1. The number of aromatic carboxylic acids is 1. The Kier molecular flexibility index (Phi) is 8.61. The summed E-state index contributed by atoms with van der Waals surface area (Å²) in [4.78, 5) is 30.7. The van der Waals surface area contributed by atoms with Gasteiger partial charge in [-0.25, -0.2) is 4.79 Å². The van der Waals surface area contributed by atoms with Crippen LogP contribution in [0.5, 0.6) is 0 Å². The highest BCUT2D eigenvalue weighted by Crippen LogP contribution is 2.32. The van der Waals surface area contributed by atoms with E-state index in [0.29, 0.717) is 30.0 Å². The minimum atomic E-state index is -0.995. The second-order valence-corrected chi connectivity index (χ2v) is 7.49. The number of nitrogens with zero attached hydrogens (tertiary/aromatic N) is 2. The molecule has 1 atom stereocenters. The lowest BCUT2D eigenvalue weighted by molar-refractivity contribution is 0.0697. The molecule has 0 bridgehead atoms. The molecular weight excluding hydrogens is 392 g/mol. The summed E-state index contributed by atoms with van der Waals surface area (Å²) < 4.78 is 0. The average Bonchev–Trinajstić information content (AvgIpc) is 2.74. The first-order chi connectivity index (χ1) is 14.8. The third kappa shape index (κ3) is 6.07. The Morgan fingerprint density at radius 3 is 2.55 bits per heavy atom.